The van der Waals surface area contributed by atoms with E-state index in [1.54, 1.807) is 13.8 Å². The molecule has 9 nitrogen and oxygen atoms in total. The first-order chi connectivity index (χ1) is 12.4. The molecule has 0 fully saturated rings. The number of nitrogens with one attached hydrogen (secondary N) is 1. The van der Waals surface area contributed by atoms with Gasteiger partial charge in [0.05, 0.1) is 6.42 Å². The molecule has 3 aromatic rings. The van der Waals surface area contributed by atoms with E-state index >= 15 is 0 Å². The van der Waals surface area contributed by atoms with Gasteiger partial charge in [0, 0.05) is 17.0 Å². The highest BCUT2D eigenvalue weighted by molar-refractivity contribution is 5.82. The molecule has 0 saturated carbocycles. The number of ether oxygens (including phenoxy) is 1. The number of nitrogens with zero attached hydrogens (tertiary/aromatic N) is 4. The second-order valence-electron chi connectivity index (χ2n) is 5.67. The van der Waals surface area contributed by atoms with Gasteiger partial charge < -0.3 is 9.84 Å². The third-order valence-electron chi connectivity index (χ3n) is 3.80. The number of hydrogen-bond acceptors (Lipinski definition) is 6. The number of amides is 1. The Hall–Kier alpha value is -3.49. The highest BCUT2D eigenvalue weighted by Gasteiger charge is 2.16. The molecule has 0 aliphatic heterocycles. The predicted octanol–water partition coefficient (Wildman–Crippen LogP) is 2.12. The molecule has 0 bridgehead atoms. The maximum atomic E-state index is 11.9. The van der Waals surface area contributed by atoms with E-state index in [2.05, 4.69) is 20.4 Å². The fraction of sp³-hybridized carbons (Fsp3) is 0.235. The van der Waals surface area contributed by atoms with Gasteiger partial charge in [0.2, 0.25) is 0 Å². The Morgan fingerprint density at radius 1 is 1.19 bits per heavy atom. The molecule has 2 N–H and O–H groups in total. The Balaban J connectivity index is 1.75. The van der Waals surface area contributed by atoms with Crippen molar-refractivity contribution in [1.82, 2.24) is 19.6 Å². The van der Waals surface area contributed by atoms with E-state index < -0.39 is 12.1 Å². The smallest absolute Gasteiger partial charge is 0.414 e. The lowest BCUT2D eigenvalue weighted by Crippen LogP contribution is -2.14. The summed E-state index contributed by atoms with van der Waals surface area (Å²) in [5, 5.41) is 15.6. The van der Waals surface area contributed by atoms with Crippen molar-refractivity contribution in [3.8, 4) is 0 Å². The number of carbonyl (C=O) groups excluding carboxylic acids is 1. The highest BCUT2D eigenvalue weighted by atomic mass is 16.5. The van der Waals surface area contributed by atoms with Crippen molar-refractivity contribution in [1.29, 1.82) is 0 Å². The van der Waals surface area contributed by atoms with E-state index in [9.17, 15) is 9.59 Å². The van der Waals surface area contributed by atoms with Crippen molar-refractivity contribution in [2.24, 2.45) is 0 Å². The summed E-state index contributed by atoms with van der Waals surface area (Å²) >= 11 is 0. The number of carboxylic acid groups (broad SMARTS) is 1. The zero-order chi connectivity index (χ0) is 18.7. The van der Waals surface area contributed by atoms with Crippen LogP contribution in [0.4, 0.5) is 10.7 Å². The van der Waals surface area contributed by atoms with E-state index in [0.717, 1.165) is 5.56 Å². The molecule has 134 valence electrons. The van der Waals surface area contributed by atoms with Gasteiger partial charge in [0.15, 0.2) is 0 Å². The standard InChI is InChI=1S/C17H17N5O4/c1-10-13(8-14(23)24)11(2)22-16(18-10)19-15(21-22)20-17(25)26-9-12-6-4-3-5-7-12/h3-7H,8-9H2,1-2H3,(H,23,24)(H,20,21,25). The quantitative estimate of drug-likeness (QED) is 0.719. The Morgan fingerprint density at radius 2 is 1.92 bits per heavy atom. The summed E-state index contributed by atoms with van der Waals surface area (Å²) < 4.78 is 6.52. The van der Waals surface area contributed by atoms with Gasteiger partial charge >= 0.3 is 12.1 Å². The summed E-state index contributed by atoms with van der Waals surface area (Å²) in [5.41, 5.74) is 2.58. The van der Waals surface area contributed by atoms with Gasteiger partial charge in [-0.2, -0.15) is 9.50 Å². The van der Waals surface area contributed by atoms with Crippen molar-refractivity contribution < 1.29 is 19.4 Å². The zero-order valence-corrected chi connectivity index (χ0v) is 14.3. The average Bonchev–Trinajstić information content (AvgIpc) is 3.00. The molecule has 9 heteroatoms. The SMILES string of the molecule is Cc1nc2nc(NC(=O)OCc3ccccc3)nn2c(C)c1CC(=O)O. The van der Waals surface area contributed by atoms with Gasteiger partial charge in [0.25, 0.3) is 11.7 Å². The lowest BCUT2D eigenvalue weighted by atomic mass is 10.1. The maximum absolute atomic E-state index is 11.9. The van der Waals surface area contributed by atoms with Gasteiger partial charge in [-0.05, 0) is 19.4 Å². The van der Waals surface area contributed by atoms with E-state index in [1.165, 1.54) is 4.52 Å². The van der Waals surface area contributed by atoms with Crippen molar-refractivity contribution in [3.05, 3.63) is 52.8 Å². The Labute approximate surface area is 148 Å². The van der Waals surface area contributed by atoms with Crippen LogP contribution >= 0.6 is 0 Å². The summed E-state index contributed by atoms with van der Waals surface area (Å²) in [6, 6.07) is 9.27. The number of carboxylic acids is 1. The van der Waals surface area contributed by atoms with E-state index in [0.29, 0.717) is 17.0 Å². The third kappa shape index (κ3) is 3.77. The number of anilines is 1. The minimum absolute atomic E-state index is 0.0329. The predicted molar refractivity (Wildman–Crippen MR) is 91.8 cm³/mol. The lowest BCUT2D eigenvalue weighted by molar-refractivity contribution is -0.136. The number of aliphatic carboxylic acids is 1. The maximum Gasteiger partial charge on any atom is 0.414 e. The van der Waals surface area contributed by atoms with Crippen LogP contribution in [-0.4, -0.2) is 36.8 Å². The number of fused-ring (bicyclic) bond motifs is 1. The minimum Gasteiger partial charge on any atom is -0.481 e. The molecule has 0 spiro atoms. The molecular weight excluding hydrogens is 338 g/mol. The van der Waals surface area contributed by atoms with Crippen molar-refractivity contribution in [2.45, 2.75) is 26.9 Å². The van der Waals surface area contributed by atoms with Gasteiger partial charge in [-0.1, -0.05) is 30.3 Å². The van der Waals surface area contributed by atoms with Crippen LogP contribution < -0.4 is 5.32 Å². The number of aromatic nitrogens is 4. The zero-order valence-electron chi connectivity index (χ0n) is 14.3. The third-order valence-corrected chi connectivity index (χ3v) is 3.80. The van der Waals surface area contributed by atoms with Crippen LogP contribution in [0, 0.1) is 13.8 Å². The highest BCUT2D eigenvalue weighted by Crippen LogP contribution is 2.15. The van der Waals surface area contributed by atoms with Crippen LogP contribution in [0.15, 0.2) is 30.3 Å². The first kappa shape index (κ1) is 17.3. The van der Waals surface area contributed by atoms with Gasteiger partial charge in [-0.25, -0.2) is 9.78 Å². The number of hydrogen-bond donors (Lipinski definition) is 2. The van der Waals surface area contributed by atoms with Gasteiger partial charge in [-0.3, -0.25) is 10.1 Å². The number of benzene rings is 1. The molecule has 1 aromatic carbocycles. The largest absolute Gasteiger partial charge is 0.481 e. The summed E-state index contributed by atoms with van der Waals surface area (Å²) in [6.07, 6.45) is -0.854. The molecule has 26 heavy (non-hydrogen) atoms. The van der Waals surface area contributed by atoms with Crippen LogP contribution in [0.1, 0.15) is 22.5 Å². The topological polar surface area (TPSA) is 119 Å². The molecule has 0 radical (unpaired) electrons. The molecular formula is C17H17N5O4. The number of rotatable bonds is 5. The Kier molecular flexibility index (Phi) is 4.78. The second-order valence-corrected chi connectivity index (χ2v) is 5.67. The molecule has 2 aromatic heterocycles. The van der Waals surface area contributed by atoms with Crippen molar-refractivity contribution >= 4 is 23.8 Å². The minimum atomic E-state index is -0.958. The van der Waals surface area contributed by atoms with Crippen molar-refractivity contribution in [2.75, 3.05) is 5.32 Å². The van der Waals surface area contributed by atoms with Crippen molar-refractivity contribution in [3.63, 3.8) is 0 Å². The number of carbonyl (C=O) groups is 2. The Morgan fingerprint density at radius 3 is 2.62 bits per heavy atom. The van der Waals surface area contributed by atoms with Crippen LogP contribution in [0.3, 0.4) is 0 Å². The van der Waals surface area contributed by atoms with Crippen LogP contribution in [0.2, 0.25) is 0 Å². The summed E-state index contributed by atoms with van der Waals surface area (Å²) in [6.45, 7) is 3.56. The molecule has 2 heterocycles. The first-order valence-electron chi connectivity index (χ1n) is 7.86. The Bertz CT molecular complexity index is 968. The normalized spacial score (nSPS) is 10.7. The molecule has 3 rings (SSSR count). The van der Waals surface area contributed by atoms with Gasteiger partial charge in [-0.15, -0.1) is 5.10 Å². The fourth-order valence-electron chi connectivity index (χ4n) is 2.52. The van der Waals surface area contributed by atoms with E-state index in [4.69, 9.17) is 9.84 Å². The van der Waals surface area contributed by atoms with E-state index in [-0.39, 0.29) is 24.8 Å². The molecule has 0 saturated heterocycles. The fourth-order valence-corrected chi connectivity index (χ4v) is 2.52. The van der Waals surface area contributed by atoms with E-state index in [1.807, 2.05) is 30.3 Å². The summed E-state index contributed by atoms with van der Waals surface area (Å²) in [4.78, 5) is 31.3. The first-order valence-corrected chi connectivity index (χ1v) is 7.86. The lowest BCUT2D eigenvalue weighted by Gasteiger charge is -2.07. The molecule has 0 atom stereocenters. The van der Waals surface area contributed by atoms with Crippen LogP contribution in [0.5, 0.6) is 0 Å². The average molecular weight is 355 g/mol. The summed E-state index contributed by atoms with van der Waals surface area (Å²) in [5.74, 6) is -0.654. The monoisotopic (exact) mass is 355 g/mol. The second kappa shape index (κ2) is 7.18. The molecule has 0 aliphatic carbocycles. The van der Waals surface area contributed by atoms with Crippen LogP contribution in [-0.2, 0) is 22.6 Å². The molecule has 0 aliphatic rings. The van der Waals surface area contributed by atoms with Crippen LogP contribution in [0.25, 0.3) is 5.78 Å². The summed E-state index contributed by atoms with van der Waals surface area (Å²) in [7, 11) is 0. The molecule has 1 amide bonds. The number of aryl methyl sites for hydroxylation is 2. The van der Waals surface area contributed by atoms with Gasteiger partial charge in [0.1, 0.15) is 6.61 Å². The molecule has 0 unspecified atom stereocenters.